The number of nitrogens with one attached hydrogen (secondary N) is 1. The molecular weight excluding hydrogens is 361 g/mol. The second kappa shape index (κ2) is 7.23. The van der Waals surface area contributed by atoms with E-state index in [0.29, 0.717) is 11.9 Å². The van der Waals surface area contributed by atoms with Crippen molar-refractivity contribution in [1.29, 1.82) is 0 Å². The average Bonchev–Trinajstić information content (AvgIpc) is 2.93. The lowest BCUT2D eigenvalue weighted by atomic mass is 10.1. The number of hydrogen-bond acceptors (Lipinski definition) is 6. The molecule has 1 aromatic carbocycles. The van der Waals surface area contributed by atoms with E-state index < -0.39 is 16.8 Å². The first kappa shape index (κ1) is 18.0. The number of aryl methyl sites for hydroxylation is 1. The first-order valence-electron chi connectivity index (χ1n) is 7.77. The molecule has 11 heteroatoms. The van der Waals surface area contributed by atoms with E-state index in [1.54, 1.807) is 13.1 Å². The summed E-state index contributed by atoms with van der Waals surface area (Å²) in [5, 5.41) is 25.7. The van der Waals surface area contributed by atoms with Crippen molar-refractivity contribution in [3.8, 4) is 11.6 Å². The third-order valence-corrected chi connectivity index (χ3v) is 3.90. The van der Waals surface area contributed by atoms with Crippen LogP contribution in [0, 0.1) is 22.9 Å². The Kier molecular flexibility index (Phi) is 4.83. The van der Waals surface area contributed by atoms with Crippen molar-refractivity contribution in [3.63, 3.8) is 0 Å². The molecule has 0 bridgehead atoms. The molecule has 1 amide bonds. The van der Waals surface area contributed by atoms with Gasteiger partial charge in [-0.3, -0.25) is 10.1 Å². The van der Waals surface area contributed by atoms with Crippen molar-refractivity contribution in [2.24, 2.45) is 0 Å². The molecule has 140 valence electrons. The highest BCUT2D eigenvalue weighted by Gasteiger charge is 2.17. The number of rotatable bonds is 6. The van der Waals surface area contributed by atoms with Crippen molar-refractivity contribution in [3.05, 3.63) is 57.8 Å². The molecule has 3 rings (SSSR count). The van der Waals surface area contributed by atoms with Gasteiger partial charge in [-0.1, -0.05) is 0 Å². The van der Waals surface area contributed by atoms with Crippen LogP contribution in [0.1, 0.15) is 11.1 Å². The van der Waals surface area contributed by atoms with E-state index in [4.69, 9.17) is 9.84 Å². The summed E-state index contributed by atoms with van der Waals surface area (Å²) in [5.41, 5.74) is 1.67. The van der Waals surface area contributed by atoms with E-state index >= 15 is 0 Å². The molecule has 0 fully saturated rings. The number of non-ortho nitro benzene ring substituents is 1. The molecule has 2 N–H and O–H groups in total. The third-order valence-electron chi connectivity index (χ3n) is 3.90. The molecule has 0 spiro atoms. The van der Waals surface area contributed by atoms with Crippen LogP contribution in [0.2, 0.25) is 0 Å². The van der Waals surface area contributed by atoms with E-state index in [1.165, 1.54) is 10.8 Å². The summed E-state index contributed by atoms with van der Waals surface area (Å²) >= 11 is 0. The van der Waals surface area contributed by atoms with Crippen molar-refractivity contribution in [1.82, 2.24) is 19.9 Å². The first-order valence-corrected chi connectivity index (χ1v) is 7.77. The number of nitro groups is 1. The normalized spacial score (nSPS) is 10.7. The molecule has 0 atom stereocenters. The highest BCUT2D eigenvalue weighted by atomic mass is 19.1. The van der Waals surface area contributed by atoms with Crippen LogP contribution in [-0.4, -0.2) is 37.3 Å². The van der Waals surface area contributed by atoms with Crippen LogP contribution in [0.25, 0.3) is 5.52 Å². The van der Waals surface area contributed by atoms with Gasteiger partial charge in [-0.25, -0.2) is 13.7 Å². The Hall–Kier alpha value is -3.76. The summed E-state index contributed by atoms with van der Waals surface area (Å²) in [6.45, 7) is 2.00. The number of carboxylic acid groups (broad SMARTS) is 1. The van der Waals surface area contributed by atoms with E-state index in [1.807, 2.05) is 0 Å². The summed E-state index contributed by atoms with van der Waals surface area (Å²) < 4.78 is 21.1. The van der Waals surface area contributed by atoms with Crippen LogP contribution in [0.15, 0.2) is 30.7 Å². The lowest BCUT2D eigenvalue weighted by Gasteiger charge is -2.07. The fourth-order valence-electron chi connectivity index (χ4n) is 2.60. The molecule has 0 aliphatic rings. The Labute approximate surface area is 151 Å². The van der Waals surface area contributed by atoms with E-state index in [-0.39, 0.29) is 23.9 Å². The van der Waals surface area contributed by atoms with Crippen molar-refractivity contribution < 1.29 is 24.0 Å². The topological polar surface area (TPSA) is 132 Å². The summed E-state index contributed by atoms with van der Waals surface area (Å²) in [5.74, 6) is -1.03. The second-order valence-electron chi connectivity index (χ2n) is 5.59. The predicted octanol–water partition coefficient (Wildman–Crippen LogP) is 2.69. The molecule has 3 aromatic rings. The lowest BCUT2D eigenvalue weighted by molar-refractivity contribution is -0.385. The standard InChI is InChI=1S/C16H14FN5O5/c1-9-10(4-5-18-16(23)24)7-21-14(9)15(19-8-20-21)27-13-3-2-11(22(25)26)6-12(13)17/h2-3,6-8,18H,4-5H2,1H3,(H,23,24). The fourth-order valence-corrected chi connectivity index (χ4v) is 2.60. The van der Waals surface area contributed by atoms with Crippen LogP contribution < -0.4 is 10.1 Å². The Morgan fingerprint density at radius 3 is 2.93 bits per heavy atom. The van der Waals surface area contributed by atoms with Crippen LogP contribution >= 0.6 is 0 Å². The van der Waals surface area contributed by atoms with Crippen molar-refractivity contribution in [2.45, 2.75) is 13.3 Å². The maximum atomic E-state index is 14.1. The zero-order valence-electron chi connectivity index (χ0n) is 14.0. The quantitative estimate of drug-likeness (QED) is 0.500. The monoisotopic (exact) mass is 375 g/mol. The number of aromatic nitrogens is 3. The van der Waals surface area contributed by atoms with Crippen LogP contribution in [0.3, 0.4) is 0 Å². The van der Waals surface area contributed by atoms with E-state index in [2.05, 4.69) is 15.4 Å². The first-order chi connectivity index (χ1) is 12.9. The van der Waals surface area contributed by atoms with Gasteiger partial charge in [0, 0.05) is 18.8 Å². The van der Waals surface area contributed by atoms with Gasteiger partial charge in [0.15, 0.2) is 11.6 Å². The van der Waals surface area contributed by atoms with Gasteiger partial charge in [-0.05, 0) is 30.5 Å². The van der Waals surface area contributed by atoms with E-state index in [0.717, 1.165) is 29.3 Å². The molecule has 0 saturated heterocycles. The molecule has 0 aliphatic carbocycles. The summed E-state index contributed by atoms with van der Waals surface area (Å²) in [7, 11) is 0. The van der Waals surface area contributed by atoms with E-state index in [9.17, 15) is 19.3 Å². The molecule has 0 saturated carbocycles. The zero-order chi connectivity index (χ0) is 19.6. The number of benzene rings is 1. The number of halogens is 1. The molecule has 0 unspecified atom stereocenters. The van der Waals surface area contributed by atoms with Crippen molar-refractivity contribution >= 4 is 17.3 Å². The number of hydrogen-bond donors (Lipinski definition) is 2. The number of ether oxygens (including phenoxy) is 1. The highest BCUT2D eigenvalue weighted by molar-refractivity contribution is 5.66. The number of nitro benzene ring substituents is 1. The SMILES string of the molecule is Cc1c(CCNC(=O)O)cn2ncnc(Oc3ccc([N+](=O)[O-])cc3F)c12. The minimum atomic E-state index is -1.12. The van der Waals surface area contributed by atoms with Crippen molar-refractivity contribution in [2.75, 3.05) is 6.54 Å². The van der Waals surface area contributed by atoms with Gasteiger partial charge >= 0.3 is 6.09 Å². The lowest BCUT2D eigenvalue weighted by Crippen LogP contribution is -2.23. The molecular formula is C16H14FN5O5. The molecule has 10 nitrogen and oxygen atoms in total. The van der Waals surface area contributed by atoms with Crippen LogP contribution in [-0.2, 0) is 6.42 Å². The second-order valence-corrected chi connectivity index (χ2v) is 5.59. The number of nitrogens with zero attached hydrogens (tertiary/aromatic N) is 4. The molecule has 2 heterocycles. The van der Waals surface area contributed by atoms with Crippen LogP contribution in [0.5, 0.6) is 11.6 Å². The third kappa shape index (κ3) is 3.76. The largest absolute Gasteiger partial charge is 0.465 e. The van der Waals surface area contributed by atoms with Gasteiger partial charge < -0.3 is 15.2 Å². The molecule has 27 heavy (non-hydrogen) atoms. The van der Waals surface area contributed by atoms with Gasteiger partial charge in [0.05, 0.1) is 11.0 Å². The van der Waals surface area contributed by atoms with Crippen LogP contribution in [0.4, 0.5) is 14.9 Å². The maximum Gasteiger partial charge on any atom is 0.404 e. The van der Waals surface area contributed by atoms with Gasteiger partial charge in [-0.15, -0.1) is 0 Å². The van der Waals surface area contributed by atoms with Gasteiger partial charge in [0.1, 0.15) is 11.8 Å². The smallest absolute Gasteiger partial charge is 0.404 e. The zero-order valence-corrected chi connectivity index (χ0v) is 14.0. The number of carbonyl (C=O) groups is 1. The Morgan fingerprint density at radius 1 is 1.48 bits per heavy atom. The Morgan fingerprint density at radius 2 is 2.26 bits per heavy atom. The molecule has 2 aromatic heterocycles. The summed E-state index contributed by atoms with van der Waals surface area (Å²) in [6, 6.07) is 3.05. The maximum absolute atomic E-state index is 14.1. The van der Waals surface area contributed by atoms with Gasteiger partial charge in [-0.2, -0.15) is 10.1 Å². The summed E-state index contributed by atoms with van der Waals surface area (Å²) in [4.78, 5) is 24.6. The number of fused-ring (bicyclic) bond motifs is 1. The van der Waals surface area contributed by atoms with Gasteiger partial charge in [0.25, 0.3) is 5.69 Å². The summed E-state index contributed by atoms with van der Waals surface area (Å²) in [6.07, 6.45) is 2.24. The fraction of sp³-hybridized carbons (Fsp3) is 0.188. The predicted molar refractivity (Wildman–Crippen MR) is 90.6 cm³/mol. The minimum absolute atomic E-state index is 0.0766. The highest BCUT2D eigenvalue weighted by Crippen LogP contribution is 2.31. The Balaban J connectivity index is 1.92. The molecule has 0 radical (unpaired) electrons. The minimum Gasteiger partial charge on any atom is -0.465 e. The molecule has 0 aliphatic heterocycles. The Bertz CT molecular complexity index is 1040. The number of amides is 1. The average molecular weight is 375 g/mol. The van der Waals surface area contributed by atoms with Gasteiger partial charge in [0.2, 0.25) is 5.88 Å².